The lowest BCUT2D eigenvalue weighted by Crippen LogP contribution is -2.22. The van der Waals surface area contributed by atoms with Crippen LogP contribution in [0.3, 0.4) is 0 Å². The number of aliphatic hydroxyl groups is 1. The maximum absolute atomic E-state index is 12.9. The number of benzene rings is 1. The van der Waals surface area contributed by atoms with Crippen molar-refractivity contribution in [2.75, 3.05) is 6.54 Å². The van der Waals surface area contributed by atoms with Crippen LogP contribution in [0, 0.1) is 11.6 Å². The molecule has 2 atom stereocenters. The van der Waals surface area contributed by atoms with Gasteiger partial charge in [0.15, 0.2) is 11.6 Å². The maximum atomic E-state index is 12.9. The summed E-state index contributed by atoms with van der Waals surface area (Å²) in [6.45, 7) is 4.22. The predicted octanol–water partition coefficient (Wildman–Crippen LogP) is 2.39. The van der Waals surface area contributed by atoms with Gasteiger partial charge in [0.05, 0.1) is 6.10 Å². The molecule has 0 heterocycles. The molecule has 0 fully saturated rings. The second-order valence-corrected chi connectivity index (χ2v) is 3.99. The van der Waals surface area contributed by atoms with Crippen LogP contribution in [0.25, 0.3) is 0 Å². The molecule has 2 N–H and O–H groups in total. The summed E-state index contributed by atoms with van der Waals surface area (Å²) < 4.78 is 25.6. The van der Waals surface area contributed by atoms with Crippen LogP contribution < -0.4 is 5.32 Å². The molecular weight excluding hydrogens is 212 g/mol. The second-order valence-electron chi connectivity index (χ2n) is 3.99. The molecule has 4 heteroatoms. The van der Waals surface area contributed by atoms with Crippen molar-refractivity contribution in [3.63, 3.8) is 0 Å². The van der Waals surface area contributed by atoms with Crippen molar-refractivity contribution in [1.29, 1.82) is 0 Å². The molecule has 0 bridgehead atoms. The van der Waals surface area contributed by atoms with Crippen molar-refractivity contribution < 1.29 is 13.9 Å². The Hall–Kier alpha value is -1.00. The van der Waals surface area contributed by atoms with Gasteiger partial charge in [0, 0.05) is 6.04 Å². The van der Waals surface area contributed by atoms with Gasteiger partial charge in [-0.3, -0.25) is 0 Å². The lowest BCUT2D eigenvalue weighted by atomic mass is 10.1. The smallest absolute Gasteiger partial charge is 0.159 e. The van der Waals surface area contributed by atoms with E-state index in [1.165, 1.54) is 6.07 Å². The number of hydrogen-bond donors (Lipinski definition) is 2. The molecule has 0 radical (unpaired) electrons. The van der Waals surface area contributed by atoms with Crippen LogP contribution in [0.2, 0.25) is 0 Å². The Balaban J connectivity index is 2.52. The first-order chi connectivity index (χ1) is 7.50. The highest BCUT2D eigenvalue weighted by molar-refractivity contribution is 5.20. The zero-order valence-electron chi connectivity index (χ0n) is 9.50. The molecule has 0 aromatic heterocycles. The monoisotopic (exact) mass is 229 g/mol. The van der Waals surface area contributed by atoms with Gasteiger partial charge < -0.3 is 10.4 Å². The van der Waals surface area contributed by atoms with Crippen molar-refractivity contribution in [3.05, 3.63) is 35.4 Å². The molecule has 90 valence electrons. The Morgan fingerprint density at radius 1 is 1.25 bits per heavy atom. The van der Waals surface area contributed by atoms with E-state index in [2.05, 4.69) is 5.32 Å². The highest BCUT2D eigenvalue weighted by atomic mass is 19.2. The minimum absolute atomic E-state index is 0.0613. The predicted molar refractivity (Wildman–Crippen MR) is 59.1 cm³/mol. The van der Waals surface area contributed by atoms with E-state index in [1.807, 2.05) is 6.92 Å². The molecule has 1 aromatic rings. The number of halogens is 2. The summed E-state index contributed by atoms with van der Waals surface area (Å²) in [5, 5.41) is 12.2. The van der Waals surface area contributed by atoms with E-state index in [0.29, 0.717) is 18.5 Å². The van der Waals surface area contributed by atoms with Gasteiger partial charge in [0.1, 0.15) is 0 Å². The highest BCUT2D eigenvalue weighted by Gasteiger charge is 2.08. The van der Waals surface area contributed by atoms with E-state index in [4.69, 9.17) is 5.11 Å². The Kier molecular flexibility index (Phi) is 4.83. The Labute approximate surface area is 94.3 Å². The van der Waals surface area contributed by atoms with Crippen LogP contribution in [-0.4, -0.2) is 17.8 Å². The highest BCUT2D eigenvalue weighted by Crippen LogP contribution is 2.15. The first-order valence-electron chi connectivity index (χ1n) is 5.37. The number of hydrogen-bond acceptors (Lipinski definition) is 2. The van der Waals surface area contributed by atoms with Gasteiger partial charge in [-0.05, 0) is 44.5 Å². The largest absolute Gasteiger partial charge is 0.393 e. The van der Waals surface area contributed by atoms with Gasteiger partial charge in [-0.1, -0.05) is 6.07 Å². The summed E-state index contributed by atoms with van der Waals surface area (Å²) >= 11 is 0. The molecule has 1 aromatic carbocycles. The van der Waals surface area contributed by atoms with E-state index in [-0.39, 0.29) is 12.1 Å². The van der Waals surface area contributed by atoms with E-state index >= 15 is 0 Å². The molecule has 0 saturated heterocycles. The van der Waals surface area contributed by atoms with E-state index < -0.39 is 11.6 Å². The van der Waals surface area contributed by atoms with Crippen LogP contribution in [0.15, 0.2) is 18.2 Å². The fourth-order valence-electron chi connectivity index (χ4n) is 1.41. The van der Waals surface area contributed by atoms with Crippen LogP contribution in [0.5, 0.6) is 0 Å². The summed E-state index contributed by atoms with van der Waals surface area (Å²) in [5.74, 6) is -1.67. The third kappa shape index (κ3) is 3.87. The van der Waals surface area contributed by atoms with Crippen molar-refractivity contribution in [3.8, 4) is 0 Å². The van der Waals surface area contributed by atoms with E-state index in [0.717, 1.165) is 6.07 Å². The molecule has 0 amide bonds. The van der Waals surface area contributed by atoms with Gasteiger partial charge >= 0.3 is 0 Å². The van der Waals surface area contributed by atoms with Gasteiger partial charge in [-0.15, -0.1) is 0 Å². The molecule has 0 aliphatic rings. The van der Waals surface area contributed by atoms with Crippen LogP contribution in [0.1, 0.15) is 31.9 Å². The van der Waals surface area contributed by atoms with Crippen LogP contribution >= 0.6 is 0 Å². The van der Waals surface area contributed by atoms with Crippen molar-refractivity contribution in [2.24, 2.45) is 0 Å². The molecule has 0 saturated carbocycles. The third-order valence-electron chi connectivity index (χ3n) is 2.46. The summed E-state index contributed by atoms with van der Waals surface area (Å²) in [4.78, 5) is 0. The topological polar surface area (TPSA) is 32.3 Å². The molecule has 2 nitrogen and oxygen atoms in total. The van der Waals surface area contributed by atoms with E-state index in [1.54, 1.807) is 13.0 Å². The number of aliphatic hydroxyl groups excluding tert-OH is 1. The average Bonchev–Trinajstić information content (AvgIpc) is 2.21. The maximum Gasteiger partial charge on any atom is 0.159 e. The summed E-state index contributed by atoms with van der Waals surface area (Å²) in [6, 6.07) is 3.81. The fraction of sp³-hybridized carbons (Fsp3) is 0.500. The fourth-order valence-corrected chi connectivity index (χ4v) is 1.41. The lowest BCUT2D eigenvalue weighted by Gasteiger charge is -2.15. The zero-order chi connectivity index (χ0) is 12.1. The summed E-state index contributed by atoms with van der Waals surface area (Å²) in [6.07, 6.45) is 0.276. The summed E-state index contributed by atoms with van der Waals surface area (Å²) in [7, 11) is 0. The number of nitrogens with one attached hydrogen (secondary N) is 1. The van der Waals surface area contributed by atoms with E-state index in [9.17, 15) is 8.78 Å². The molecule has 2 unspecified atom stereocenters. The van der Waals surface area contributed by atoms with Gasteiger partial charge in [-0.2, -0.15) is 0 Å². The molecule has 0 aliphatic heterocycles. The zero-order valence-corrected chi connectivity index (χ0v) is 9.50. The first-order valence-corrected chi connectivity index (χ1v) is 5.37. The second kappa shape index (κ2) is 5.92. The third-order valence-corrected chi connectivity index (χ3v) is 2.46. The van der Waals surface area contributed by atoms with Crippen molar-refractivity contribution in [1.82, 2.24) is 5.32 Å². The van der Waals surface area contributed by atoms with Crippen LogP contribution in [-0.2, 0) is 0 Å². The first kappa shape index (κ1) is 13.1. The normalized spacial score (nSPS) is 14.8. The van der Waals surface area contributed by atoms with Gasteiger partial charge in [0.25, 0.3) is 0 Å². The van der Waals surface area contributed by atoms with Gasteiger partial charge in [-0.25, -0.2) is 8.78 Å². The minimum atomic E-state index is -0.833. The van der Waals surface area contributed by atoms with Gasteiger partial charge in [0.2, 0.25) is 0 Å². The van der Waals surface area contributed by atoms with Crippen molar-refractivity contribution >= 4 is 0 Å². The Morgan fingerprint density at radius 3 is 2.50 bits per heavy atom. The molecule has 1 rings (SSSR count). The average molecular weight is 229 g/mol. The molecular formula is C12H17F2NO. The van der Waals surface area contributed by atoms with Crippen LogP contribution in [0.4, 0.5) is 8.78 Å². The standard InChI is InChI=1S/C12H17F2NO/c1-8(16)5-6-15-9(2)10-3-4-11(13)12(14)7-10/h3-4,7-9,15-16H,5-6H2,1-2H3. The number of rotatable bonds is 5. The minimum Gasteiger partial charge on any atom is -0.393 e. The quantitative estimate of drug-likeness (QED) is 0.812. The Morgan fingerprint density at radius 2 is 1.94 bits per heavy atom. The van der Waals surface area contributed by atoms with Crippen molar-refractivity contribution in [2.45, 2.75) is 32.4 Å². The molecule has 0 spiro atoms. The Bertz CT molecular complexity index is 342. The lowest BCUT2D eigenvalue weighted by molar-refractivity contribution is 0.182. The molecule has 0 aliphatic carbocycles. The SMILES string of the molecule is CC(O)CCNC(C)c1ccc(F)c(F)c1. The molecule has 16 heavy (non-hydrogen) atoms. The summed E-state index contributed by atoms with van der Waals surface area (Å²) in [5.41, 5.74) is 0.699.